The summed E-state index contributed by atoms with van der Waals surface area (Å²) in [5, 5.41) is 0. The second kappa shape index (κ2) is 5.75. The zero-order valence-corrected chi connectivity index (χ0v) is 9.88. The summed E-state index contributed by atoms with van der Waals surface area (Å²) in [6, 6.07) is 9.63. The lowest BCUT2D eigenvalue weighted by Crippen LogP contribution is -2.44. The van der Waals surface area contributed by atoms with Crippen LogP contribution in [0.4, 0.5) is 0 Å². The number of nitrogens with two attached hydrogens (primary N) is 1. The second-order valence-electron chi connectivity index (χ2n) is 4.28. The number of ketones is 1. The number of nitrogens with zero attached hydrogens (tertiary/aromatic N) is 1. The first kappa shape index (κ1) is 12.0. The molecular weight excluding hydrogens is 212 g/mol. The maximum Gasteiger partial charge on any atom is 0.176 e. The maximum atomic E-state index is 12.1. The number of hydrogen-bond donors (Lipinski definition) is 1. The summed E-state index contributed by atoms with van der Waals surface area (Å²) >= 11 is 0. The first-order valence-corrected chi connectivity index (χ1v) is 6.00. The number of Topliss-reactive ketones (excluding diaryl/α,β-unsaturated/α-hetero) is 1. The van der Waals surface area contributed by atoms with E-state index < -0.39 is 0 Å². The molecule has 1 aromatic rings. The third-order valence-corrected chi connectivity index (χ3v) is 3.09. The molecule has 1 unspecified atom stereocenters. The molecule has 0 saturated carbocycles. The Morgan fingerprint density at radius 3 is 2.82 bits per heavy atom. The van der Waals surface area contributed by atoms with Crippen molar-refractivity contribution in [3.63, 3.8) is 0 Å². The van der Waals surface area contributed by atoms with Crippen LogP contribution in [-0.4, -0.2) is 36.4 Å². The van der Waals surface area contributed by atoms with Gasteiger partial charge in [-0.05, 0) is 6.42 Å². The normalized spacial score (nSPS) is 20.4. The molecule has 0 aromatic heterocycles. The molecule has 0 spiro atoms. The van der Waals surface area contributed by atoms with E-state index in [1.54, 1.807) is 0 Å². The number of carbonyl (C=O) groups is 1. The van der Waals surface area contributed by atoms with Crippen LogP contribution in [0.25, 0.3) is 0 Å². The van der Waals surface area contributed by atoms with Gasteiger partial charge in [-0.25, -0.2) is 0 Å². The minimum atomic E-state index is 0.166. The Hall–Kier alpha value is -1.45. The van der Waals surface area contributed by atoms with Gasteiger partial charge in [0.05, 0.1) is 6.54 Å². The standard InChI is InChI=1S/C14H18N2O/c15-10-13-8-4-5-9-16(13)11-14(17)12-6-2-1-3-7-12/h1-4,6-8,13H,5,9-11,15H2. The smallest absolute Gasteiger partial charge is 0.176 e. The first-order valence-electron chi connectivity index (χ1n) is 6.00. The highest BCUT2D eigenvalue weighted by Crippen LogP contribution is 2.10. The molecule has 1 aliphatic heterocycles. The van der Waals surface area contributed by atoms with Crippen molar-refractivity contribution in [3.8, 4) is 0 Å². The topological polar surface area (TPSA) is 46.3 Å². The van der Waals surface area contributed by atoms with Crippen LogP contribution in [0.15, 0.2) is 42.5 Å². The monoisotopic (exact) mass is 230 g/mol. The molecule has 1 heterocycles. The van der Waals surface area contributed by atoms with Crippen LogP contribution in [-0.2, 0) is 0 Å². The van der Waals surface area contributed by atoms with Gasteiger partial charge < -0.3 is 5.73 Å². The van der Waals surface area contributed by atoms with Crippen LogP contribution in [0.2, 0.25) is 0 Å². The maximum absolute atomic E-state index is 12.1. The van der Waals surface area contributed by atoms with Crippen molar-refractivity contribution in [2.75, 3.05) is 19.6 Å². The summed E-state index contributed by atoms with van der Waals surface area (Å²) in [5.74, 6) is 0.166. The van der Waals surface area contributed by atoms with Gasteiger partial charge in [-0.3, -0.25) is 9.69 Å². The quantitative estimate of drug-likeness (QED) is 0.629. The Kier molecular flexibility index (Phi) is 4.07. The summed E-state index contributed by atoms with van der Waals surface area (Å²) in [4.78, 5) is 14.2. The lowest BCUT2D eigenvalue weighted by molar-refractivity contribution is 0.0910. The fourth-order valence-electron chi connectivity index (χ4n) is 2.10. The Bertz CT molecular complexity index is 400. The molecule has 0 aliphatic carbocycles. The predicted octanol–water partition coefficient (Wildman–Crippen LogP) is 1.46. The van der Waals surface area contributed by atoms with Crippen LogP contribution in [0.3, 0.4) is 0 Å². The molecule has 0 fully saturated rings. The van der Waals surface area contributed by atoms with Crippen LogP contribution < -0.4 is 5.73 Å². The van der Waals surface area contributed by atoms with Crippen molar-refractivity contribution >= 4 is 5.78 Å². The molecule has 1 atom stereocenters. The lowest BCUT2D eigenvalue weighted by Gasteiger charge is -2.30. The van der Waals surface area contributed by atoms with Crippen molar-refractivity contribution in [2.45, 2.75) is 12.5 Å². The highest BCUT2D eigenvalue weighted by molar-refractivity contribution is 5.97. The Labute approximate surface area is 102 Å². The first-order chi connectivity index (χ1) is 8.31. The average molecular weight is 230 g/mol. The molecule has 0 saturated heterocycles. The fourth-order valence-corrected chi connectivity index (χ4v) is 2.10. The van der Waals surface area contributed by atoms with Gasteiger partial charge in [0, 0.05) is 24.7 Å². The van der Waals surface area contributed by atoms with Crippen molar-refractivity contribution in [1.82, 2.24) is 4.90 Å². The molecule has 2 rings (SSSR count). The summed E-state index contributed by atoms with van der Waals surface area (Å²) < 4.78 is 0. The van der Waals surface area contributed by atoms with E-state index in [2.05, 4.69) is 17.1 Å². The van der Waals surface area contributed by atoms with E-state index in [1.165, 1.54) is 0 Å². The van der Waals surface area contributed by atoms with Gasteiger partial charge >= 0.3 is 0 Å². The largest absolute Gasteiger partial charge is 0.329 e. The molecule has 1 aromatic carbocycles. The number of hydrogen-bond acceptors (Lipinski definition) is 3. The average Bonchev–Trinajstić information content (AvgIpc) is 2.40. The van der Waals surface area contributed by atoms with Crippen molar-refractivity contribution in [1.29, 1.82) is 0 Å². The molecule has 3 nitrogen and oxygen atoms in total. The molecule has 0 amide bonds. The SMILES string of the molecule is NCC1C=CCCN1CC(=O)c1ccccc1. The van der Waals surface area contributed by atoms with Crippen LogP contribution >= 0.6 is 0 Å². The van der Waals surface area contributed by atoms with Crippen LogP contribution in [0.5, 0.6) is 0 Å². The van der Waals surface area contributed by atoms with E-state index in [1.807, 2.05) is 30.3 Å². The molecular formula is C14H18N2O. The fraction of sp³-hybridized carbons (Fsp3) is 0.357. The molecule has 2 N–H and O–H groups in total. The van der Waals surface area contributed by atoms with E-state index in [9.17, 15) is 4.79 Å². The summed E-state index contributed by atoms with van der Waals surface area (Å²) in [6.07, 6.45) is 5.24. The Morgan fingerprint density at radius 2 is 2.12 bits per heavy atom. The summed E-state index contributed by atoms with van der Waals surface area (Å²) in [7, 11) is 0. The van der Waals surface area contributed by atoms with Crippen molar-refractivity contribution in [2.24, 2.45) is 5.73 Å². The molecule has 0 bridgehead atoms. The summed E-state index contributed by atoms with van der Waals surface area (Å²) in [6.45, 7) is 1.94. The minimum Gasteiger partial charge on any atom is -0.329 e. The van der Waals surface area contributed by atoms with Crippen molar-refractivity contribution in [3.05, 3.63) is 48.0 Å². The highest BCUT2D eigenvalue weighted by Gasteiger charge is 2.20. The molecule has 1 aliphatic rings. The van der Waals surface area contributed by atoms with E-state index in [0.29, 0.717) is 13.1 Å². The van der Waals surface area contributed by atoms with Gasteiger partial charge in [-0.1, -0.05) is 42.5 Å². The molecule has 17 heavy (non-hydrogen) atoms. The van der Waals surface area contributed by atoms with E-state index >= 15 is 0 Å². The summed E-state index contributed by atoms with van der Waals surface area (Å²) in [5.41, 5.74) is 6.48. The highest BCUT2D eigenvalue weighted by atomic mass is 16.1. The number of carbonyl (C=O) groups excluding carboxylic acids is 1. The second-order valence-corrected chi connectivity index (χ2v) is 4.28. The van der Waals surface area contributed by atoms with Gasteiger partial charge in [0.2, 0.25) is 0 Å². The predicted molar refractivity (Wildman–Crippen MR) is 68.9 cm³/mol. The van der Waals surface area contributed by atoms with Gasteiger partial charge in [0.15, 0.2) is 5.78 Å². The Morgan fingerprint density at radius 1 is 1.35 bits per heavy atom. The van der Waals surface area contributed by atoms with Gasteiger partial charge in [-0.15, -0.1) is 0 Å². The molecule has 0 radical (unpaired) electrons. The van der Waals surface area contributed by atoms with Crippen LogP contribution in [0.1, 0.15) is 16.8 Å². The third-order valence-electron chi connectivity index (χ3n) is 3.09. The Balaban J connectivity index is 2.01. The zero-order valence-electron chi connectivity index (χ0n) is 9.88. The third kappa shape index (κ3) is 3.02. The van der Waals surface area contributed by atoms with E-state index in [4.69, 9.17) is 5.73 Å². The molecule has 90 valence electrons. The molecule has 3 heteroatoms. The number of rotatable bonds is 4. The van der Waals surface area contributed by atoms with Gasteiger partial charge in [0.1, 0.15) is 0 Å². The zero-order chi connectivity index (χ0) is 12.1. The minimum absolute atomic E-state index is 0.166. The lowest BCUT2D eigenvalue weighted by atomic mass is 10.1. The number of benzene rings is 1. The van der Waals surface area contributed by atoms with Gasteiger partial charge in [0.25, 0.3) is 0 Å². The van der Waals surface area contributed by atoms with E-state index in [0.717, 1.165) is 18.5 Å². The van der Waals surface area contributed by atoms with Crippen molar-refractivity contribution < 1.29 is 4.79 Å². The van der Waals surface area contributed by atoms with Crippen LogP contribution in [0, 0.1) is 0 Å². The van der Waals surface area contributed by atoms with Gasteiger partial charge in [-0.2, -0.15) is 0 Å². The van der Waals surface area contributed by atoms with E-state index in [-0.39, 0.29) is 11.8 Å².